The normalized spacial score (nSPS) is 12.5. The van der Waals surface area contributed by atoms with E-state index in [0.717, 1.165) is 18.2 Å². The van der Waals surface area contributed by atoms with Crippen LogP contribution in [0.25, 0.3) is 0 Å². The number of unbranched alkanes of at least 4 members (excludes halogenated alkanes) is 3. The molecule has 0 radical (unpaired) electrons. The molecule has 0 aromatic heterocycles. The molecule has 0 aromatic rings. The third-order valence-corrected chi connectivity index (χ3v) is 2.98. The van der Waals surface area contributed by atoms with Gasteiger partial charge in [0.15, 0.2) is 0 Å². The lowest BCUT2D eigenvalue weighted by Crippen LogP contribution is -1.95. The predicted octanol–water partition coefficient (Wildman–Crippen LogP) is 4.05. The maximum Gasteiger partial charge on any atom is 0.271 e. The highest BCUT2D eigenvalue weighted by Crippen LogP contribution is 2.14. The van der Waals surface area contributed by atoms with Crippen molar-refractivity contribution in [1.29, 1.82) is 0 Å². The fourth-order valence-corrected chi connectivity index (χ4v) is 1.99. The number of rotatable bonds is 7. The van der Waals surface area contributed by atoms with E-state index in [2.05, 4.69) is 31.9 Å². The van der Waals surface area contributed by atoms with E-state index in [4.69, 9.17) is 10.2 Å². The summed E-state index contributed by atoms with van der Waals surface area (Å²) in [5, 5.41) is 18.2. The Labute approximate surface area is 96.3 Å². The van der Waals surface area contributed by atoms with Gasteiger partial charge in [0.2, 0.25) is 0 Å². The zero-order valence-corrected chi connectivity index (χ0v) is 10.7. The summed E-state index contributed by atoms with van der Waals surface area (Å²) in [6, 6.07) is 0. The zero-order chi connectivity index (χ0) is 10.1. The fraction of sp³-hybridized carbons (Fsp3) is 0.778. The van der Waals surface area contributed by atoms with E-state index in [1.165, 1.54) is 25.3 Å². The molecule has 1 unspecified atom stereocenters. The fourth-order valence-electron chi connectivity index (χ4n) is 1.03. The minimum atomic E-state index is -0.595. The average molecular weight is 316 g/mol. The van der Waals surface area contributed by atoms with E-state index in [1.54, 1.807) is 0 Å². The largest absolute Gasteiger partial charge is 0.481 e. The Kier molecular flexibility index (Phi) is 9.08. The van der Waals surface area contributed by atoms with Crippen molar-refractivity contribution in [2.45, 2.75) is 36.9 Å². The first-order chi connectivity index (χ1) is 6.16. The highest BCUT2D eigenvalue weighted by atomic mass is 79.9. The van der Waals surface area contributed by atoms with Crippen LogP contribution in [-0.4, -0.2) is 20.4 Å². The predicted molar refractivity (Wildman–Crippen MR) is 62.9 cm³/mol. The smallest absolute Gasteiger partial charge is 0.271 e. The molecule has 0 bridgehead atoms. The number of aliphatic hydroxyl groups excluding tert-OH is 1. The van der Waals surface area contributed by atoms with E-state index >= 15 is 0 Å². The summed E-state index contributed by atoms with van der Waals surface area (Å²) in [6.45, 7) is 0. The van der Waals surface area contributed by atoms with E-state index in [0.29, 0.717) is 0 Å². The number of aliphatic hydroxyl groups is 2. The average Bonchev–Trinajstić information content (AvgIpc) is 2.02. The Bertz CT molecular complexity index is 145. The maximum atomic E-state index is 8.54. The van der Waals surface area contributed by atoms with Crippen LogP contribution in [0.2, 0.25) is 0 Å². The molecule has 1 atom stereocenters. The van der Waals surface area contributed by atoms with Crippen molar-refractivity contribution in [1.82, 2.24) is 0 Å². The standard InChI is InChI=1S/C9H16Br2O2/c10-6-4-2-1-3-5-8(11)7-9(12)13/h7-8,12-13H,1-6H2. The van der Waals surface area contributed by atoms with Gasteiger partial charge >= 0.3 is 0 Å². The summed E-state index contributed by atoms with van der Waals surface area (Å²) in [7, 11) is 0. The van der Waals surface area contributed by atoms with E-state index in [1.807, 2.05) is 0 Å². The zero-order valence-electron chi connectivity index (χ0n) is 7.55. The third-order valence-electron chi connectivity index (χ3n) is 1.69. The molecule has 0 saturated carbocycles. The summed E-state index contributed by atoms with van der Waals surface area (Å²) in [5.74, 6) is -0.595. The van der Waals surface area contributed by atoms with Gasteiger partial charge in [-0.2, -0.15) is 0 Å². The summed E-state index contributed by atoms with van der Waals surface area (Å²) < 4.78 is 0. The number of hydrogen-bond acceptors (Lipinski definition) is 2. The van der Waals surface area contributed by atoms with Crippen LogP contribution in [0.4, 0.5) is 0 Å². The molecule has 0 rings (SSSR count). The van der Waals surface area contributed by atoms with Crippen molar-refractivity contribution < 1.29 is 10.2 Å². The second-order valence-corrected chi connectivity index (χ2v) is 4.90. The van der Waals surface area contributed by atoms with Crippen molar-refractivity contribution in [2.24, 2.45) is 0 Å². The SMILES string of the molecule is OC(O)=CC(Br)CCCCCCBr. The summed E-state index contributed by atoms with van der Waals surface area (Å²) in [4.78, 5) is 0.0847. The first-order valence-electron chi connectivity index (χ1n) is 4.46. The van der Waals surface area contributed by atoms with Crippen LogP contribution in [0.5, 0.6) is 0 Å². The molecule has 0 heterocycles. The molecule has 4 heteroatoms. The molecule has 0 aliphatic rings. The van der Waals surface area contributed by atoms with Crippen LogP contribution in [0.1, 0.15) is 32.1 Å². The van der Waals surface area contributed by atoms with Gasteiger partial charge in [-0.3, -0.25) is 0 Å². The second-order valence-electron chi connectivity index (χ2n) is 2.93. The van der Waals surface area contributed by atoms with Crippen molar-refractivity contribution in [3.8, 4) is 0 Å². The topological polar surface area (TPSA) is 40.5 Å². The van der Waals surface area contributed by atoms with Crippen molar-refractivity contribution in [3.63, 3.8) is 0 Å². The molecule has 13 heavy (non-hydrogen) atoms. The maximum absolute atomic E-state index is 8.54. The van der Waals surface area contributed by atoms with Gasteiger partial charge in [0.1, 0.15) is 0 Å². The van der Waals surface area contributed by atoms with Gasteiger partial charge in [-0.15, -0.1) is 0 Å². The van der Waals surface area contributed by atoms with Crippen LogP contribution in [0.3, 0.4) is 0 Å². The molecule has 0 spiro atoms. The lowest BCUT2D eigenvalue weighted by Gasteiger charge is -2.03. The van der Waals surface area contributed by atoms with Crippen LogP contribution >= 0.6 is 31.9 Å². The molecular formula is C9H16Br2O2. The lowest BCUT2D eigenvalue weighted by atomic mass is 10.1. The molecule has 0 aliphatic carbocycles. The highest BCUT2D eigenvalue weighted by Gasteiger charge is 2.01. The van der Waals surface area contributed by atoms with Gasteiger partial charge in [-0.1, -0.05) is 51.1 Å². The van der Waals surface area contributed by atoms with Gasteiger partial charge in [0, 0.05) is 16.2 Å². The number of hydrogen-bond donors (Lipinski definition) is 2. The quantitative estimate of drug-likeness (QED) is 0.422. The summed E-state index contributed by atoms with van der Waals surface area (Å²) in [6.07, 6.45) is 7.13. The van der Waals surface area contributed by atoms with E-state index < -0.39 is 5.95 Å². The van der Waals surface area contributed by atoms with Crippen molar-refractivity contribution >= 4 is 31.9 Å². The number of allylic oxidation sites excluding steroid dienone is 1. The molecule has 0 aromatic carbocycles. The Morgan fingerprint density at radius 1 is 1.15 bits per heavy atom. The van der Waals surface area contributed by atoms with Gasteiger partial charge < -0.3 is 10.2 Å². The molecule has 0 aliphatic heterocycles. The Hall–Kier alpha value is 0.300. The monoisotopic (exact) mass is 314 g/mol. The number of halogens is 2. The third kappa shape index (κ3) is 10.2. The minimum absolute atomic E-state index is 0.0847. The van der Waals surface area contributed by atoms with Crippen LogP contribution in [0.15, 0.2) is 12.0 Å². The molecular weight excluding hydrogens is 300 g/mol. The van der Waals surface area contributed by atoms with Gasteiger partial charge in [0.25, 0.3) is 5.95 Å². The van der Waals surface area contributed by atoms with Crippen molar-refractivity contribution in [3.05, 3.63) is 12.0 Å². The Morgan fingerprint density at radius 3 is 2.31 bits per heavy atom. The van der Waals surface area contributed by atoms with Crippen molar-refractivity contribution in [2.75, 3.05) is 5.33 Å². The number of alkyl halides is 2. The molecule has 2 N–H and O–H groups in total. The second kappa shape index (κ2) is 8.88. The van der Waals surface area contributed by atoms with Crippen LogP contribution in [0, 0.1) is 0 Å². The van der Waals surface area contributed by atoms with E-state index in [9.17, 15) is 0 Å². The Balaban J connectivity index is 3.27. The molecule has 0 fully saturated rings. The van der Waals surface area contributed by atoms with Crippen LogP contribution in [-0.2, 0) is 0 Å². The van der Waals surface area contributed by atoms with Gasteiger partial charge in [-0.25, -0.2) is 0 Å². The molecule has 0 saturated heterocycles. The summed E-state index contributed by atoms with van der Waals surface area (Å²) in [5.41, 5.74) is 0. The minimum Gasteiger partial charge on any atom is -0.481 e. The molecule has 2 nitrogen and oxygen atoms in total. The Morgan fingerprint density at radius 2 is 1.77 bits per heavy atom. The molecule has 0 amide bonds. The van der Waals surface area contributed by atoms with Gasteiger partial charge in [0.05, 0.1) is 0 Å². The van der Waals surface area contributed by atoms with Gasteiger partial charge in [-0.05, 0) is 12.8 Å². The van der Waals surface area contributed by atoms with E-state index in [-0.39, 0.29) is 4.83 Å². The first kappa shape index (κ1) is 13.3. The summed E-state index contributed by atoms with van der Waals surface area (Å²) >= 11 is 6.72. The molecule has 78 valence electrons. The highest BCUT2D eigenvalue weighted by molar-refractivity contribution is 9.09. The van der Waals surface area contributed by atoms with Crippen LogP contribution < -0.4 is 0 Å². The first-order valence-corrected chi connectivity index (χ1v) is 6.50. The lowest BCUT2D eigenvalue weighted by molar-refractivity contribution is 0.189.